The van der Waals surface area contributed by atoms with Crippen molar-refractivity contribution in [3.63, 3.8) is 0 Å². The molecule has 0 aliphatic rings. The maximum atomic E-state index is 12.2. The van der Waals surface area contributed by atoms with Crippen molar-refractivity contribution in [2.45, 2.75) is 30.7 Å². The number of hydrogen-bond acceptors (Lipinski definition) is 5. The summed E-state index contributed by atoms with van der Waals surface area (Å²) in [5.41, 5.74) is 6.31. The average molecular weight is 292 g/mol. The normalized spacial score (nSPS) is 12.6. The van der Waals surface area contributed by atoms with E-state index in [2.05, 4.69) is 0 Å². The molecule has 0 amide bonds. The van der Waals surface area contributed by atoms with E-state index in [1.54, 1.807) is 18.5 Å². The van der Waals surface area contributed by atoms with Crippen molar-refractivity contribution in [3.8, 4) is 0 Å². The summed E-state index contributed by atoms with van der Waals surface area (Å²) in [5.74, 6) is 0. The molecule has 18 heavy (non-hydrogen) atoms. The quantitative estimate of drug-likeness (QED) is 0.821. The molecule has 0 unspecified atom stereocenters. The van der Waals surface area contributed by atoms with Crippen LogP contribution in [0.5, 0.6) is 0 Å². The molecule has 0 aliphatic heterocycles. The SMILES string of the molecule is CC(C)OCCN(C)S(=O)(=O)c1cc(CN)cs1. The highest BCUT2D eigenvalue weighted by molar-refractivity contribution is 7.91. The van der Waals surface area contributed by atoms with Crippen molar-refractivity contribution in [1.29, 1.82) is 0 Å². The fourth-order valence-electron chi connectivity index (χ4n) is 1.29. The number of thiophene rings is 1. The van der Waals surface area contributed by atoms with Gasteiger partial charge in [-0.3, -0.25) is 0 Å². The molecule has 1 aromatic heterocycles. The Bertz CT molecular complexity index is 468. The molecular formula is C11H20N2O3S2. The summed E-state index contributed by atoms with van der Waals surface area (Å²) in [6.45, 7) is 4.92. The molecule has 2 N–H and O–H groups in total. The zero-order chi connectivity index (χ0) is 13.8. The van der Waals surface area contributed by atoms with E-state index in [1.807, 2.05) is 13.8 Å². The summed E-state index contributed by atoms with van der Waals surface area (Å²) in [6.07, 6.45) is 0.103. The van der Waals surface area contributed by atoms with E-state index in [1.165, 1.54) is 15.6 Å². The lowest BCUT2D eigenvalue weighted by atomic mass is 10.4. The van der Waals surface area contributed by atoms with E-state index < -0.39 is 10.0 Å². The molecule has 0 radical (unpaired) electrons. The van der Waals surface area contributed by atoms with Gasteiger partial charge in [0.15, 0.2) is 0 Å². The monoisotopic (exact) mass is 292 g/mol. The van der Waals surface area contributed by atoms with Crippen LogP contribution in [0.1, 0.15) is 19.4 Å². The van der Waals surface area contributed by atoms with Gasteiger partial charge in [0.2, 0.25) is 0 Å². The molecular weight excluding hydrogens is 272 g/mol. The van der Waals surface area contributed by atoms with E-state index >= 15 is 0 Å². The minimum Gasteiger partial charge on any atom is -0.377 e. The van der Waals surface area contributed by atoms with Crippen LogP contribution in [0.2, 0.25) is 0 Å². The van der Waals surface area contributed by atoms with E-state index in [0.717, 1.165) is 5.56 Å². The van der Waals surface area contributed by atoms with E-state index in [4.69, 9.17) is 10.5 Å². The van der Waals surface area contributed by atoms with Crippen LogP contribution in [-0.4, -0.2) is 39.0 Å². The van der Waals surface area contributed by atoms with Gasteiger partial charge < -0.3 is 10.5 Å². The number of sulfonamides is 1. The third-order valence-electron chi connectivity index (χ3n) is 2.39. The van der Waals surface area contributed by atoms with Crippen molar-refractivity contribution in [3.05, 3.63) is 17.0 Å². The lowest BCUT2D eigenvalue weighted by Gasteiger charge is -2.16. The molecule has 104 valence electrons. The Hall–Kier alpha value is -0.470. The summed E-state index contributed by atoms with van der Waals surface area (Å²) in [7, 11) is -1.85. The zero-order valence-electron chi connectivity index (χ0n) is 10.9. The minimum atomic E-state index is -3.41. The highest BCUT2D eigenvalue weighted by Crippen LogP contribution is 2.22. The van der Waals surface area contributed by atoms with Crippen molar-refractivity contribution in [1.82, 2.24) is 4.31 Å². The number of nitrogens with two attached hydrogens (primary N) is 1. The van der Waals surface area contributed by atoms with Crippen LogP contribution in [0, 0.1) is 0 Å². The summed E-state index contributed by atoms with van der Waals surface area (Å²) in [6, 6.07) is 1.62. The van der Waals surface area contributed by atoms with Crippen molar-refractivity contribution in [2.24, 2.45) is 5.73 Å². The first-order valence-electron chi connectivity index (χ1n) is 5.73. The lowest BCUT2D eigenvalue weighted by molar-refractivity contribution is 0.0737. The molecule has 1 rings (SSSR count). The van der Waals surface area contributed by atoms with E-state index in [-0.39, 0.29) is 6.10 Å². The van der Waals surface area contributed by atoms with Crippen LogP contribution in [0.15, 0.2) is 15.7 Å². The molecule has 0 saturated heterocycles. The molecule has 0 fully saturated rings. The van der Waals surface area contributed by atoms with Crippen molar-refractivity contribution in [2.75, 3.05) is 20.2 Å². The molecule has 1 aromatic rings. The third kappa shape index (κ3) is 4.03. The van der Waals surface area contributed by atoms with Crippen LogP contribution in [-0.2, 0) is 21.3 Å². The molecule has 1 heterocycles. The second kappa shape index (κ2) is 6.63. The summed E-state index contributed by atoms with van der Waals surface area (Å²) >= 11 is 1.20. The Morgan fingerprint density at radius 1 is 1.50 bits per heavy atom. The van der Waals surface area contributed by atoms with Crippen LogP contribution in [0.4, 0.5) is 0 Å². The van der Waals surface area contributed by atoms with E-state index in [0.29, 0.717) is 23.9 Å². The zero-order valence-corrected chi connectivity index (χ0v) is 12.6. The van der Waals surface area contributed by atoms with Gasteiger partial charge in [0.25, 0.3) is 10.0 Å². The predicted octanol–water partition coefficient (Wildman–Crippen LogP) is 1.25. The fourth-order valence-corrected chi connectivity index (χ4v) is 3.87. The van der Waals surface area contributed by atoms with Crippen LogP contribution < -0.4 is 5.73 Å². The number of ether oxygens (including phenoxy) is 1. The first-order valence-corrected chi connectivity index (χ1v) is 8.05. The maximum Gasteiger partial charge on any atom is 0.252 e. The molecule has 0 aromatic carbocycles. The Labute approximate surface area is 113 Å². The Morgan fingerprint density at radius 2 is 2.17 bits per heavy atom. The minimum absolute atomic E-state index is 0.103. The van der Waals surface area contributed by atoms with Gasteiger partial charge in [0.05, 0.1) is 12.7 Å². The Kier molecular flexibility index (Phi) is 5.74. The highest BCUT2D eigenvalue weighted by Gasteiger charge is 2.22. The van der Waals surface area contributed by atoms with E-state index in [9.17, 15) is 8.42 Å². The summed E-state index contributed by atoms with van der Waals surface area (Å²) in [4.78, 5) is 0. The first kappa shape index (κ1) is 15.6. The Balaban J connectivity index is 2.67. The van der Waals surface area contributed by atoms with Gasteiger partial charge in [-0.15, -0.1) is 11.3 Å². The number of hydrogen-bond donors (Lipinski definition) is 1. The number of likely N-dealkylation sites (N-methyl/N-ethyl adjacent to an activating group) is 1. The smallest absolute Gasteiger partial charge is 0.252 e. The average Bonchev–Trinajstić information content (AvgIpc) is 2.77. The highest BCUT2D eigenvalue weighted by atomic mass is 32.2. The van der Waals surface area contributed by atoms with Crippen LogP contribution in [0.3, 0.4) is 0 Å². The Morgan fingerprint density at radius 3 is 2.67 bits per heavy atom. The van der Waals surface area contributed by atoms with Gasteiger partial charge in [0.1, 0.15) is 4.21 Å². The van der Waals surface area contributed by atoms with Gasteiger partial charge in [-0.2, -0.15) is 4.31 Å². The number of rotatable bonds is 7. The largest absolute Gasteiger partial charge is 0.377 e. The van der Waals surface area contributed by atoms with Crippen LogP contribution in [0.25, 0.3) is 0 Å². The van der Waals surface area contributed by atoms with Crippen molar-refractivity contribution >= 4 is 21.4 Å². The van der Waals surface area contributed by atoms with Gasteiger partial charge >= 0.3 is 0 Å². The number of nitrogens with zero attached hydrogens (tertiary/aromatic N) is 1. The maximum absolute atomic E-state index is 12.2. The molecule has 0 aliphatic carbocycles. The van der Waals surface area contributed by atoms with Gasteiger partial charge in [-0.05, 0) is 30.9 Å². The molecule has 0 spiro atoms. The topological polar surface area (TPSA) is 72.6 Å². The molecule has 0 bridgehead atoms. The summed E-state index contributed by atoms with van der Waals surface area (Å²) in [5, 5.41) is 1.77. The predicted molar refractivity (Wildman–Crippen MR) is 73.1 cm³/mol. The van der Waals surface area contributed by atoms with Gasteiger partial charge in [-0.1, -0.05) is 0 Å². The molecule has 0 atom stereocenters. The first-order chi connectivity index (χ1) is 8.37. The van der Waals surface area contributed by atoms with Crippen molar-refractivity contribution < 1.29 is 13.2 Å². The standard InChI is InChI=1S/C11H20N2O3S2/c1-9(2)16-5-4-13(3)18(14,15)11-6-10(7-12)8-17-11/h6,8-9H,4-5,7,12H2,1-3H3. The summed E-state index contributed by atoms with van der Waals surface area (Å²) < 4.78 is 31.3. The van der Waals surface area contributed by atoms with Gasteiger partial charge in [-0.25, -0.2) is 8.42 Å². The fraction of sp³-hybridized carbons (Fsp3) is 0.636. The second-order valence-corrected chi connectivity index (χ2v) is 7.41. The van der Waals surface area contributed by atoms with Gasteiger partial charge in [0, 0.05) is 20.1 Å². The second-order valence-electron chi connectivity index (χ2n) is 4.22. The molecule has 0 saturated carbocycles. The third-order valence-corrected chi connectivity index (χ3v) is 5.71. The lowest BCUT2D eigenvalue weighted by Crippen LogP contribution is -2.30. The van der Waals surface area contributed by atoms with Crippen LogP contribution >= 0.6 is 11.3 Å². The molecule has 7 heteroatoms. The molecule has 5 nitrogen and oxygen atoms in total.